The van der Waals surface area contributed by atoms with E-state index in [4.69, 9.17) is 0 Å². The average Bonchev–Trinajstić information content (AvgIpc) is 3.34. The van der Waals surface area contributed by atoms with Crippen molar-refractivity contribution in [3.8, 4) is 0 Å². The molecular weight excluding hydrogens is 370 g/mol. The Hall–Kier alpha value is -3.25. The summed E-state index contributed by atoms with van der Waals surface area (Å²) in [6, 6.07) is 17.1. The molecule has 0 saturated carbocycles. The van der Waals surface area contributed by atoms with Crippen LogP contribution in [0.2, 0.25) is 0 Å². The van der Waals surface area contributed by atoms with E-state index in [1.807, 2.05) is 65.7 Å². The fourth-order valence-corrected chi connectivity index (χ4v) is 4.11. The van der Waals surface area contributed by atoms with E-state index in [1.165, 1.54) is 16.2 Å². The van der Waals surface area contributed by atoms with Gasteiger partial charge in [0, 0.05) is 29.5 Å². The summed E-state index contributed by atoms with van der Waals surface area (Å²) < 4.78 is 0. The number of thiophene rings is 1. The molecule has 1 aliphatic rings. The molecule has 1 aromatic carbocycles. The zero-order valence-corrected chi connectivity index (χ0v) is 16.2. The SMILES string of the molecule is CCN(C1=C(c2cccs2)C(=O)N(Cc2cccnc2)C1=O)c1ccccc1. The van der Waals surface area contributed by atoms with Crippen LogP contribution in [0.4, 0.5) is 5.69 Å². The number of carbonyl (C=O) groups is 2. The first-order valence-electron chi connectivity index (χ1n) is 9.06. The van der Waals surface area contributed by atoms with E-state index in [1.54, 1.807) is 18.5 Å². The van der Waals surface area contributed by atoms with Gasteiger partial charge in [0.05, 0.1) is 12.1 Å². The molecule has 0 radical (unpaired) electrons. The van der Waals surface area contributed by atoms with Crippen molar-refractivity contribution < 1.29 is 9.59 Å². The summed E-state index contributed by atoms with van der Waals surface area (Å²) in [6.45, 7) is 2.76. The van der Waals surface area contributed by atoms with Gasteiger partial charge in [-0.25, -0.2) is 0 Å². The normalized spacial score (nSPS) is 14.1. The Labute approximate surface area is 167 Å². The van der Waals surface area contributed by atoms with Gasteiger partial charge < -0.3 is 4.90 Å². The highest BCUT2D eigenvalue weighted by atomic mass is 32.1. The number of rotatable bonds is 6. The van der Waals surface area contributed by atoms with Gasteiger partial charge in [-0.2, -0.15) is 0 Å². The van der Waals surface area contributed by atoms with Crippen LogP contribution in [0.3, 0.4) is 0 Å². The third-order valence-electron chi connectivity index (χ3n) is 4.63. The molecule has 3 heterocycles. The lowest BCUT2D eigenvalue weighted by Gasteiger charge is -2.24. The van der Waals surface area contributed by atoms with Crippen LogP contribution in [-0.2, 0) is 16.1 Å². The number of para-hydroxylation sites is 1. The first-order valence-corrected chi connectivity index (χ1v) is 9.94. The molecule has 2 aromatic heterocycles. The molecule has 0 unspecified atom stereocenters. The van der Waals surface area contributed by atoms with Crippen molar-refractivity contribution in [3.05, 3.63) is 88.5 Å². The second kappa shape index (κ2) is 7.78. The highest BCUT2D eigenvalue weighted by Gasteiger charge is 2.42. The van der Waals surface area contributed by atoms with Crippen molar-refractivity contribution in [1.29, 1.82) is 0 Å². The Morgan fingerprint density at radius 3 is 2.46 bits per heavy atom. The predicted molar refractivity (Wildman–Crippen MR) is 110 cm³/mol. The Morgan fingerprint density at radius 1 is 1.00 bits per heavy atom. The summed E-state index contributed by atoms with van der Waals surface area (Å²) in [7, 11) is 0. The smallest absolute Gasteiger partial charge is 0.278 e. The van der Waals surface area contributed by atoms with Crippen LogP contribution in [0.25, 0.3) is 5.57 Å². The number of imide groups is 1. The van der Waals surface area contributed by atoms with Crippen molar-refractivity contribution in [2.24, 2.45) is 0 Å². The lowest BCUT2D eigenvalue weighted by atomic mass is 10.1. The highest BCUT2D eigenvalue weighted by Crippen LogP contribution is 2.36. The molecule has 4 rings (SSSR count). The standard InChI is InChI=1S/C22H19N3O2S/c1-2-24(17-9-4-3-5-10-17)20-19(18-11-7-13-28-18)21(26)25(22(20)27)15-16-8-6-12-23-14-16/h3-14H,2,15H2,1H3. The number of aromatic nitrogens is 1. The molecule has 0 saturated heterocycles. The van der Waals surface area contributed by atoms with Crippen LogP contribution < -0.4 is 4.90 Å². The maximum atomic E-state index is 13.4. The van der Waals surface area contributed by atoms with Crippen LogP contribution in [-0.4, -0.2) is 28.2 Å². The summed E-state index contributed by atoms with van der Waals surface area (Å²) in [5.74, 6) is -0.538. The molecule has 140 valence electrons. The van der Waals surface area contributed by atoms with Gasteiger partial charge in [0.2, 0.25) is 0 Å². The third-order valence-corrected chi connectivity index (χ3v) is 5.52. The third kappa shape index (κ3) is 3.23. The van der Waals surface area contributed by atoms with Gasteiger partial charge in [0.15, 0.2) is 0 Å². The van der Waals surface area contributed by atoms with E-state index < -0.39 is 0 Å². The van der Waals surface area contributed by atoms with Gasteiger partial charge in [-0.3, -0.25) is 19.5 Å². The molecule has 3 aromatic rings. The van der Waals surface area contributed by atoms with Gasteiger partial charge in [0.1, 0.15) is 5.70 Å². The van der Waals surface area contributed by atoms with Crippen molar-refractivity contribution in [2.75, 3.05) is 11.4 Å². The number of hydrogen-bond acceptors (Lipinski definition) is 5. The van der Waals surface area contributed by atoms with E-state index in [0.717, 1.165) is 16.1 Å². The number of carbonyl (C=O) groups excluding carboxylic acids is 2. The Bertz CT molecular complexity index is 1010. The summed E-state index contributed by atoms with van der Waals surface area (Å²) >= 11 is 1.46. The quantitative estimate of drug-likeness (QED) is 0.599. The van der Waals surface area contributed by atoms with E-state index in [-0.39, 0.29) is 18.4 Å². The summed E-state index contributed by atoms with van der Waals surface area (Å²) in [4.78, 5) is 34.8. The summed E-state index contributed by atoms with van der Waals surface area (Å²) in [5.41, 5.74) is 2.61. The second-order valence-electron chi connectivity index (χ2n) is 6.34. The minimum absolute atomic E-state index is 0.205. The van der Waals surface area contributed by atoms with Crippen LogP contribution >= 0.6 is 11.3 Å². The molecule has 0 spiro atoms. The second-order valence-corrected chi connectivity index (χ2v) is 7.29. The fraction of sp³-hybridized carbons (Fsp3) is 0.136. The van der Waals surface area contributed by atoms with Crippen LogP contribution in [0.15, 0.2) is 78.1 Å². The maximum absolute atomic E-state index is 13.4. The topological polar surface area (TPSA) is 53.5 Å². The lowest BCUT2D eigenvalue weighted by Crippen LogP contribution is -2.34. The summed E-state index contributed by atoms with van der Waals surface area (Å²) in [5, 5.41) is 1.92. The predicted octanol–water partition coefficient (Wildman–Crippen LogP) is 3.95. The lowest BCUT2D eigenvalue weighted by molar-refractivity contribution is -0.137. The number of nitrogens with zero attached hydrogens (tertiary/aromatic N) is 3. The van der Waals surface area contributed by atoms with Crippen LogP contribution in [0.5, 0.6) is 0 Å². The Balaban J connectivity index is 1.79. The van der Waals surface area contributed by atoms with Crippen molar-refractivity contribution in [2.45, 2.75) is 13.5 Å². The number of likely N-dealkylation sites (N-methyl/N-ethyl adjacent to an activating group) is 1. The molecule has 28 heavy (non-hydrogen) atoms. The molecular formula is C22H19N3O2S. The number of pyridine rings is 1. The monoisotopic (exact) mass is 389 g/mol. The minimum atomic E-state index is -0.275. The Kier molecular flexibility index (Phi) is 5.04. The fourth-order valence-electron chi connectivity index (χ4n) is 3.35. The highest BCUT2D eigenvalue weighted by molar-refractivity contribution is 7.11. The van der Waals surface area contributed by atoms with Crippen molar-refractivity contribution in [1.82, 2.24) is 9.88 Å². The van der Waals surface area contributed by atoms with Crippen LogP contribution in [0, 0.1) is 0 Å². The van der Waals surface area contributed by atoms with E-state index in [2.05, 4.69) is 4.98 Å². The molecule has 6 heteroatoms. The van der Waals surface area contributed by atoms with Crippen molar-refractivity contribution >= 4 is 34.4 Å². The van der Waals surface area contributed by atoms with Gasteiger partial charge in [0.25, 0.3) is 11.8 Å². The largest absolute Gasteiger partial charge is 0.337 e. The van der Waals surface area contributed by atoms with E-state index in [9.17, 15) is 9.59 Å². The zero-order valence-electron chi connectivity index (χ0n) is 15.4. The van der Waals surface area contributed by atoms with Gasteiger partial charge in [-0.1, -0.05) is 30.3 Å². The number of amides is 2. The molecule has 5 nitrogen and oxygen atoms in total. The van der Waals surface area contributed by atoms with Gasteiger partial charge in [-0.15, -0.1) is 11.3 Å². The molecule has 1 aliphatic heterocycles. The number of benzene rings is 1. The maximum Gasteiger partial charge on any atom is 0.278 e. The molecule has 0 fully saturated rings. The van der Waals surface area contributed by atoms with E-state index >= 15 is 0 Å². The Morgan fingerprint density at radius 2 is 1.82 bits per heavy atom. The number of anilines is 1. The minimum Gasteiger partial charge on any atom is -0.337 e. The van der Waals surface area contributed by atoms with Gasteiger partial charge >= 0.3 is 0 Å². The van der Waals surface area contributed by atoms with Crippen LogP contribution in [0.1, 0.15) is 17.4 Å². The zero-order chi connectivity index (χ0) is 19.5. The molecule has 0 atom stereocenters. The molecule has 2 amide bonds. The summed E-state index contributed by atoms with van der Waals surface area (Å²) in [6.07, 6.45) is 3.35. The molecule has 0 aliphatic carbocycles. The molecule has 0 bridgehead atoms. The van der Waals surface area contributed by atoms with E-state index in [0.29, 0.717) is 17.8 Å². The number of hydrogen-bond donors (Lipinski definition) is 0. The average molecular weight is 389 g/mol. The van der Waals surface area contributed by atoms with Crippen molar-refractivity contribution in [3.63, 3.8) is 0 Å². The van der Waals surface area contributed by atoms with Gasteiger partial charge in [-0.05, 0) is 42.1 Å². The first kappa shape index (κ1) is 18.1. The first-order chi connectivity index (χ1) is 13.7. The molecule has 0 N–H and O–H groups in total.